The van der Waals surface area contributed by atoms with Crippen LogP contribution in [-0.4, -0.2) is 29.4 Å². The van der Waals surface area contributed by atoms with Crippen molar-refractivity contribution in [1.82, 2.24) is 0 Å². The topological polar surface area (TPSA) is 0 Å². The van der Waals surface area contributed by atoms with E-state index in [0.29, 0.717) is 0 Å². The Bertz CT molecular complexity index is 220. The van der Waals surface area contributed by atoms with Gasteiger partial charge in [0.25, 0.3) is 14.1 Å². The van der Waals surface area contributed by atoms with Crippen LogP contribution in [-0.2, 0) is 0 Å². The number of hydrogen-bond donors (Lipinski definition) is 0. The summed E-state index contributed by atoms with van der Waals surface area (Å²) in [6, 6.07) is 0. The summed E-state index contributed by atoms with van der Waals surface area (Å²) in [5.74, 6) is 0. The van der Waals surface area contributed by atoms with Gasteiger partial charge in [0.15, 0.2) is 0 Å². The SMILES string of the molecule is C=C[CH2][Al]([CH2]C=C)[CH2]C=C.CCCCC[CH2][Al+][CH2]CCCCC.[H-]. The average molecular weight is 349 g/mol. The van der Waals surface area contributed by atoms with E-state index in [9.17, 15) is 0 Å². The molecule has 0 saturated heterocycles. The molecule has 0 aromatic rings. The van der Waals surface area contributed by atoms with E-state index in [4.69, 9.17) is 0 Å². The second kappa shape index (κ2) is 24.5. The van der Waals surface area contributed by atoms with Crippen molar-refractivity contribution in [2.24, 2.45) is 0 Å². The molecule has 0 aromatic heterocycles. The van der Waals surface area contributed by atoms with Crippen LogP contribution < -0.4 is 0 Å². The molecule has 0 N–H and O–H groups in total. The molecular formula is C21H42Al2. The minimum Gasteiger partial charge on any atom is -1.00 e. The summed E-state index contributed by atoms with van der Waals surface area (Å²) in [6.45, 7) is 15.8. The summed E-state index contributed by atoms with van der Waals surface area (Å²) in [7, 11) is 0. The van der Waals surface area contributed by atoms with E-state index in [2.05, 4.69) is 33.6 Å². The molecule has 0 rings (SSSR count). The quantitative estimate of drug-likeness (QED) is 0.151. The molecule has 0 heterocycles. The third-order valence-electron chi connectivity index (χ3n) is 4.02. The number of hydrogen-bond acceptors (Lipinski definition) is 0. The molecule has 2 heteroatoms. The molecule has 0 saturated carbocycles. The monoisotopic (exact) mass is 348 g/mol. The Hall–Kier alpha value is 0.285. The third-order valence-corrected chi connectivity index (χ3v) is 8.66. The maximum atomic E-state index is 3.73. The summed E-state index contributed by atoms with van der Waals surface area (Å²) in [4.78, 5) is 0. The maximum Gasteiger partial charge on any atom is -1.00 e. The van der Waals surface area contributed by atoms with Gasteiger partial charge in [-0.05, 0) is 0 Å². The van der Waals surface area contributed by atoms with Gasteiger partial charge < -0.3 is 1.43 Å². The van der Waals surface area contributed by atoms with Crippen LogP contribution in [0.3, 0.4) is 0 Å². The molecule has 0 aliphatic rings. The molecule has 0 fully saturated rings. The van der Waals surface area contributed by atoms with Crippen molar-refractivity contribution in [3.63, 3.8) is 0 Å². The Kier molecular flexibility index (Phi) is 27.2. The molecule has 0 nitrogen and oxygen atoms in total. The number of allylic oxidation sites excluding steroid dienone is 3. The van der Waals surface area contributed by atoms with Crippen molar-refractivity contribution >= 4 is 29.4 Å². The molecule has 0 atom stereocenters. The molecule has 0 aliphatic carbocycles. The minimum atomic E-state index is -0.588. The molecule has 0 aromatic carbocycles. The summed E-state index contributed by atoms with van der Waals surface area (Å²) in [5, 5.41) is 6.74. The fraction of sp³-hybridized carbons (Fsp3) is 0.714. The van der Waals surface area contributed by atoms with Crippen LogP contribution in [0, 0.1) is 0 Å². The summed E-state index contributed by atoms with van der Waals surface area (Å²) in [5.41, 5.74) is 0. The number of unbranched alkanes of at least 4 members (excludes halogenated alkanes) is 6. The minimum absolute atomic E-state index is 0. The molecule has 0 bridgehead atoms. The van der Waals surface area contributed by atoms with E-state index in [1.807, 2.05) is 18.2 Å². The van der Waals surface area contributed by atoms with Crippen LogP contribution in [0.4, 0.5) is 0 Å². The first-order valence-electron chi connectivity index (χ1n) is 9.90. The molecular weight excluding hydrogens is 306 g/mol. The van der Waals surface area contributed by atoms with Gasteiger partial charge in [0.1, 0.15) is 0 Å². The van der Waals surface area contributed by atoms with Crippen molar-refractivity contribution in [3.8, 4) is 0 Å². The molecule has 0 amide bonds. The molecule has 0 spiro atoms. The fourth-order valence-corrected chi connectivity index (χ4v) is 6.01. The van der Waals surface area contributed by atoms with Gasteiger partial charge in [-0.2, -0.15) is 0 Å². The Morgan fingerprint density at radius 2 is 1.09 bits per heavy atom. The second-order valence-corrected chi connectivity index (χ2v) is 11.3. The van der Waals surface area contributed by atoms with Crippen LogP contribution in [0.15, 0.2) is 38.0 Å². The van der Waals surface area contributed by atoms with Crippen LogP contribution in [0.1, 0.15) is 66.6 Å². The van der Waals surface area contributed by atoms with Gasteiger partial charge in [0.2, 0.25) is 0 Å². The van der Waals surface area contributed by atoms with Crippen molar-refractivity contribution in [2.75, 3.05) is 0 Å². The molecule has 0 radical (unpaired) electrons. The Balaban J connectivity index is -0.000000364. The van der Waals surface area contributed by atoms with E-state index in [1.54, 1.807) is 10.6 Å². The summed E-state index contributed by atoms with van der Waals surface area (Å²) in [6.07, 6.45) is 17.7. The van der Waals surface area contributed by atoms with E-state index < -0.39 is 14.1 Å². The Morgan fingerprint density at radius 1 is 0.696 bits per heavy atom. The predicted octanol–water partition coefficient (Wildman–Crippen LogP) is 7.84. The molecule has 132 valence electrons. The van der Waals surface area contributed by atoms with Gasteiger partial charge in [0.05, 0.1) is 0 Å². The third kappa shape index (κ3) is 24.7. The Labute approximate surface area is 160 Å². The van der Waals surface area contributed by atoms with Crippen molar-refractivity contribution < 1.29 is 1.43 Å². The normalized spacial score (nSPS) is 9.30. The zero-order chi connectivity index (χ0) is 17.6. The zero-order valence-electron chi connectivity index (χ0n) is 17.2. The fourth-order valence-electron chi connectivity index (χ4n) is 2.57. The van der Waals surface area contributed by atoms with Crippen LogP contribution in [0.25, 0.3) is 0 Å². The van der Waals surface area contributed by atoms with Gasteiger partial charge in [0, 0.05) is 0 Å². The van der Waals surface area contributed by atoms with Gasteiger partial charge in [-0.1, -0.05) is 15.8 Å². The molecule has 0 unspecified atom stereocenters. The van der Waals surface area contributed by atoms with Gasteiger partial charge in [-0.3, -0.25) is 0 Å². The summed E-state index contributed by atoms with van der Waals surface area (Å²) >= 11 is 0.217. The average Bonchev–Trinajstić information content (AvgIpc) is 2.55. The smallest absolute Gasteiger partial charge is 1.00 e. The van der Waals surface area contributed by atoms with Gasteiger partial charge >= 0.3 is 91.0 Å². The maximum absolute atomic E-state index is 3.73. The van der Waals surface area contributed by atoms with E-state index in [-0.39, 0.29) is 1.43 Å². The largest absolute Gasteiger partial charge is 1.00 e. The van der Waals surface area contributed by atoms with E-state index >= 15 is 0 Å². The predicted molar refractivity (Wildman–Crippen MR) is 116 cm³/mol. The van der Waals surface area contributed by atoms with Crippen LogP contribution in [0.5, 0.6) is 0 Å². The zero-order valence-corrected chi connectivity index (χ0v) is 18.5. The van der Waals surface area contributed by atoms with Gasteiger partial charge in [-0.25, -0.2) is 0 Å². The van der Waals surface area contributed by atoms with Crippen LogP contribution >= 0.6 is 0 Å². The summed E-state index contributed by atoms with van der Waals surface area (Å²) < 4.78 is 0. The van der Waals surface area contributed by atoms with E-state index in [1.165, 1.54) is 67.2 Å². The molecule has 0 aliphatic heterocycles. The second-order valence-electron chi connectivity index (χ2n) is 6.43. The van der Waals surface area contributed by atoms with Gasteiger partial charge in [-0.15, -0.1) is 38.0 Å². The van der Waals surface area contributed by atoms with E-state index in [0.717, 1.165) is 15.2 Å². The number of rotatable bonds is 16. The van der Waals surface area contributed by atoms with Crippen molar-refractivity contribution in [1.29, 1.82) is 0 Å². The van der Waals surface area contributed by atoms with Crippen molar-refractivity contribution in [2.45, 2.75) is 91.6 Å². The Morgan fingerprint density at radius 3 is 1.39 bits per heavy atom. The first kappa shape index (κ1) is 25.5. The van der Waals surface area contributed by atoms with Crippen molar-refractivity contribution in [3.05, 3.63) is 38.0 Å². The first-order chi connectivity index (χ1) is 11.3. The van der Waals surface area contributed by atoms with Crippen LogP contribution in [0.2, 0.25) is 26.4 Å². The molecule has 23 heavy (non-hydrogen) atoms. The first-order valence-corrected chi connectivity index (χ1v) is 14.0. The standard InChI is InChI=1S/2C6H13.3C3H5.2Al.H/c2*1-3-5-6-4-2;3*1-3-2;;;/h2*1,3-6H2,2H3;3*3H,1-2H2;;;/q;;;;;;+1;-1.